The van der Waals surface area contributed by atoms with Crippen LogP contribution in [0.15, 0.2) is 60.7 Å². The summed E-state index contributed by atoms with van der Waals surface area (Å²) in [5, 5.41) is 0. The Morgan fingerprint density at radius 1 is 0.571 bits per heavy atom. The molecule has 2 aromatic carbocycles. The van der Waals surface area contributed by atoms with Gasteiger partial charge in [0.25, 0.3) is 0 Å². The van der Waals surface area contributed by atoms with E-state index in [4.69, 9.17) is 9.78 Å². The van der Waals surface area contributed by atoms with Crippen LogP contribution in [-0.4, -0.2) is 23.1 Å². The quantitative estimate of drug-likeness (QED) is 0.473. The van der Waals surface area contributed by atoms with Gasteiger partial charge in [0.05, 0.1) is 0 Å². The largest absolute Gasteiger partial charge is 0.316 e. The highest BCUT2D eigenvalue weighted by molar-refractivity contribution is 5.75. The maximum Gasteiger partial charge on any atom is 0.316 e. The van der Waals surface area contributed by atoms with Crippen molar-refractivity contribution < 1.29 is 9.78 Å². The summed E-state index contributed by atoms with van der Waals surface area (Å²) in [5.41, 5.74) is 1.19. The van der Waals surface area contributed by atoms with E-state index in [2.05, 4.69) is 0 Å². The first-order valence-corrected chi connectivity index (χ1v) is 6.90. The van der Waals surface area contributed by atoms with E-state index >= 15 is 0 Å². The minimum absolute atomic E-state index is 0. The zero-order valence-corrected chi connectivity index (χ0v) is 12.6. The molecule has 0 heterocycles. The standard InChI is InChI=1S/C18H22O2.Mg.2H/c1-17(2,15-11-7-5-8-12-15)19-20-18(3,4)16-13-9-6-10-14-16;;;/h5-14H,1-4H3;;;. The van der Waals surface area contributed by atoms with Gasteiger partial charge in [-0.1, -0.05) is 60.7 Å². The molecule has 0 spiro atoms. The summed E-state index contributed by atoms with van der Waals surface area (Å²) < 4.78 is 0. The topological polar surface area (TPSA) is 18.5 Å². The molecule has 0 atom stereocenters. The first-order valence-electron chi connectivity index (χ1n) is 6.90. The molecule has 21 heavy (non-hydrogen) atoms. The zero-order chi connectivity index (χ0) is 14.6. The maximum atomic E-state index is 5.73. The SMILES string of the molecule is CC(C)(OOC(C)(C)c1ccccc1)c1ccccc1.[MgH2]. The van der Waals surface area contributed by atoms with E-state index < -0.39 is 11.2 Å². The highest BCUT2D eigenvalue weighted by Gasteiger charge is 2.29. The van der Waals surface area contributed by atoms with E-state index in [0.29, 0.717) is 0 Å². The molecule has 110 valence electrons. The van der Waals surface area contributed by atoms with Crippen molar-refractivity contribution in [1.29, 1.82) is 0 Å². The Balaban J connectivity index is 0.00000220. The van der Waals surface area contributed by atoms with Gasteiger partial charge in [-0.05, 0) is 38.8 Å². The molecule has 0 aliphatic heterocycles. The van der Waals surface area contributed by atoms with E-state index in [9.17, 15) is 0 Å². The Morgan fingerprint density at radius 2 is 0.857 bits per heavy atom. The smallest absolute Gasteiger partial charge is 0.225 e. The maximum absolute atomic E-state index is 5.73. The van der Waals surface area contributed by atoms with Crippen molar-refractivity contribution in [2.45, 2.75) is 38.9 Å². The second-order valence-electron chi connectivity index (χ2n) is 5.92. The third kappa shape index (κ3) is 4.82. The van der Waals surface area contributed by atoms with Crippen LogP contribution in [-0.2, 0) is 21.0 Å². The van der Waals surface area contributed by atoms with Gasteiger partial charge < -0.3 is 0 Å². The average Bonchev–Trinajstić information content (AvgIpc) is 2.47. The van der Waals surface area contributed by atoms with Gasteiger partial charge in [-0.3, -0.25) is 0 Å². The Hall–Kier alpha value is -0.874. The average molecular weight is 297 g/mol. The van der Waals surface area contributed by atoms with Gasteiger partial charge in [0.2, 0.25) is 0 Å². The Labute approximate surface area is 143 Å². The van der Waals surface area contributed by atoms with Gasteiger partial charge in [-0.25, -0.2) is 9.78 Å². The van der Waals surface area contributed by atoms with Crippen LogP contribution in [0.1, 0.15) is 38.8 Å². The minimum Gasteiger partial charge on any atom is -0.225 e. The van der Waals surface area contributed by atoms with Gasteiger partial charge in [0, 0.05) is 0 Å². The summed E-state index contributed by atoms with van der Waals surface area (Å²) in [4.78, 5) is 11.5. The van der Waals surface area contributed by atoms with Crippen LogP contribution in [0.3, 0.4) is 0 Å². The van der Waals surface area contributed by atoms with Crippen molar-refractivity contribution >= 4 is 23.1 Å². The molecule has 0 bridgehead atoms. The molecule has 0 amide bonds. The molecule has 0 saturated carbocycles. The molecule has 0 aliphatic carbocycles. The van der Waals surface area contributed by atoms with Gasteiger partial charge in [0.15, 0.2) is 0 Å². The fraction of sp³-hybridized carbons (Fsp3) is 0.333. The summed E-state index contributed by atoms with van der Waals surface area (Å²) in [7, 11) is 0. The normalized spacial score (nSPS) is 11.8. The zero-order valence-electron chi connectivity index (χ0n) is 12.6. The summed E-state index contributed by atoms with van der Waals surface area (Å²) in [6, 6.07) is 20.2. The van der Waals surface area contributed by atoms with Crippen molar-refractivity contribution in [2.24, 2.45) is 0 Å². The lowest BCUT2D eigenvalue weighted by Gasteiger charge is -2.31. The lowest BCUT2D eigenvalue weighted by molar-refractivity contribution is -0.410. The van der Waals surface area contributed by atoms with Crippen LogP contribution in [0.25, 0.3) is 0 Å². The predicted octanol–water partition coefficient (Wildman–Crippen LogP) is 3.89. The second-order valence-corrected chi connectivity index (χ2v) is 5.92. The van der Waals surface area contributed by atoms with Crippen LogP contribution < -0.4 is 0 Å². The van der Waals surface area contributed by atoms with E-state index in [0.717, 1.165) is 11.1 Å². The van der Waals surface area contributed by atoms with Crippen molar-refractivity contribution in [3.63, 3.8) is 0 Å². The van der Waals surface area contributed by atoms with E-state index in [1.165, 1.54) is 0 Å². The first-order chi connectivity index (χ1) is 9.42. The number of rotatable bonds is 5. The van der Waals surface area contributed by atoms with Crippen LogP contribution >= 0.6 is 0 Å². The molecule has 0 unspecified atom stereocenters. The fourth-order valence-corrected chi connectivity index (χ4v) is 1.98. The van der Waals surface area contributed by atoms with Crippen molar-refractivity contribution in [2.75, 3.05) is 0 Å². The third-order valence-corrected chi connectivity index (χ3v) is 3.40. The highest BCUT2D eigenvalue weighted by atomic mass is 24.3. The Bertz CT molecular complexity index is 484. The molecular formula is C18H24MgO2. The summed E-state index contributed by atoms with van der Waals surface area (Å²) in [6.45, 7) is 8.01. The molecule has 3 heteroatoms. The fourth-order valence-electron chi connectivity index (χ4n) is 1.98. The molecule has 0 radical (unpaired) electrons. The second kappa shape index (κ2) is 7.41. The molecule has 2 aromatic rings. The van der Waals surface area contributed by atoms with E-state index in [1.807, 2.05) is 88.4 Å². The van der Waals surface area contributed by atoms with Gasteiger partial charge in [-0.15, -0.1) is 0 Å². The Kier molecular flexibility index (Phi) is 6.41. The lowest BCUT2D eigenvalue weighted by atomic mass is 9.98. The van der Waals surface area contributed by atoms with Crippen molar-refractivity contribution in [1.82, 2.24) is 0 Å². The molecule has 0 aromatic heterocycles. The van der Waals surface area contributed by atoms with Crippen LogP contribution in [0.2, 0.25) is 0 Å². The summed E-state index contributed by atoms with van der Waals surface area (Å²) >= 11 is 0. The molecular weight excluding hydrogens is 273 g/mol. The predicted molar refractivity (Wildman–Crippen MR) is 89.7 cm³/mol. The number of hydrogen-bond donors (Lipinski definition) is 0. The molecule has 2 nitrogen and oxygen atoms in total. The highest BCUT2D eigenvalue weighted by Crippen LogP contribution is 2.31. The number of benzene rings is 2. The first kappa shape index (κ1) is 18.2. The molecule has 0 N–H and O–H groups in total. The molecule has 2 rings (SSSR count). The lowest BCUT2D eigenvalue weighted by Crippen LogP contribution is -2.29. The summed E-state index contributed by atoms with van der Waals surface area (Å²) in [6.07, 6.45) is 0. The van der Waals surface area contributed by atoms with Gasteiger partial charge in [0.1, 0.15) is 11.2 Å². The van der Waals surface area contributed by atoms with Crippen molar-refractivity contribution in [3.05, 3.63) is 71.8 Å². The third-order valence-electron chi connectivity index (χ3n) is 3.40. The van der Waals surface area contributed by atoms with E-state index in [-0.39, 0.29) is 23.1 Å². The minimum atomic E-state index is -0.493. The molecule has 0 aliphatic rings. The monoisotopic (exact) mass is 296 g/mol. The van der Waals surface area contributed by atoms with Gasteiger partial charge >= 0.3 is 23.1 Å². The van der Waals surface area contributed by atoms with Crippen LogP contribution in [0.5, 0.6) is 0 Å². The molecule has 0 fully saturated rings. The van der Waals surface area contributed by atoms with E-state index in [1.54, 1.807) is 0 Å². The van der Waals surface area contributed by atoms with Crippen LogP contribution in [0, 0.1) is 0 Å². The molecule has 0 saturated heterocycles. The van der Waals surface area contributed by atoms with Crippen LogP contribution in [0.4, 0.5) is 0 Å². The number of hydrogen-bond acceptors (Lipinski definition) is 2. The van der Waals surface area contributed by atoms with Gasteiger partial charge in [-0.2, -0.15) is 0 Å². The summed E-state index contributed by atoms with van der Waals surface area (Å²) in [5.74, 6) is 0. The van der Waals surface area contributed by atoms with Crippen molar-refractivity contribution in [3.8, 4) is 0 Å². The Morgan fingerprint density at radius 3 is 1.14 bits per heavy atom.